The van der Waals surface area contributed by atoms with Crippen molar-refractivity contribution in [2.45, 2.75) is 26.3 Å². The third-order valence-corrected chi connectivity index (χ3v) is 5.31. The lowest BCUT2D eigenvalue weighted by Crippen LogP contribution is -2.52. The minimum atomic E-state index is 0. The number of rotatable bonds is 6. The highest BCUT2D eigenvalue weighted by atomic mass is 127. The van der Waals surface area contributed by atoms with Gasteiger partial charge in [-0.25, -0.2) is 0 Å². The van der Waals surface area contributed by atoms with Gasteiger partial charge in [-0.2, -0.15) is 0 Å². The van der Waals surface area contributed by atoms with E-state index in [9.17, 15) is 4.79 Å². The van der Waals surface area contributed by atoms with Crippen LogP contribution in [0.4, 0.5) is 5.69 Å². The molecule has 1 amide bonds. The van der Waals surface area contributed by atoms with Gasteiger partial charge < -0.3 is 25.0 Å². The standard InChI is InChI=1S/C21H29ClN6O2.HI/c1-15(2)19-12-18(30-26-19)13-24-21(23-3)25-14-20(29)28-10-8-27(9-11-28)17-6-4-16(22)5-7-17;/h4-7,12,15H,8-11,13-14H2,1-3H3,(H2,23,24,25);1H. The summed E-state index contributed by atoms with van der Waals surface area (Å²) < 4.78 is 5.31. The number of carbonyl (C=O) groups excluding carboxylic acids is 1. The van der Waals surface area contributed by atoms with E-state index in [0.29, 0.717) is 31.5 Å². The van der Waals surface area contributed by atoms with Crippen molar-refractivity contribution in [1.82, 2.24) is 20.7 Å². The van der Waals surface area contributed by atoms with Gasteiger partial charge in [0, 0.05) is 50.0 Å². The molecule has 170 valence electrons. The number of nitrogens with zero attached hydrogens (tertiary/aromatic N) is 4. The van der Waals surface area contributed by atoms with Gasteiger partial charge in [0.2, 0.25) is 5.91 Å². The molecular weight excluding hydrogens is 531 g/mol. The molecular formula is C21H30ClIN6O2. The third-order valence-electron chi connectivity index (χ3n) is 5.05. The van der Waals surface area contributed by atoms with Gasteiger partial charge in [-0.1, -0.05) is 30.6 Å². The maximum atomic E-state index is 12.6. The maximum absolute atomic E-state index is 12.6. The van der Waals surface area contributed by atoms with Crippen LogP contribution in [-0.4, -0.2) is 61.7 Å². The number of amides is 1. The quantitative estimate of drug-likeness (QED) is 0.321. The summed E-state index contributed by atoms with van der Waals surface area (Å²) in [5.41, 5.74) is 2.05. The van der Waals surface area contributed by atoms with Gasteiger partial charge in [-0.05, 0) is 30.2 Å². The number of halogens is 2. The molecule has 3 rings (SSSR count). The lowest BCUT2D eigenvalue weighted by atomic mass is 10.1. The molecule has 2 aromatic rings. The molecule has 0 unspecified atom stereocenters. The van der Waals surface area contributed by atoms with Gasteiger partial charge >= 0.3 is 0 Å². The van der Waals surface area contributed by atoms with E-state index in [0.717, 1.165) is 35.3 Å². The summed E-state index contributed by atoms with van der Waals surface area (Å²) in [4.78, 5) is 20.9. The highest BCUT2D eigenvalue weighted by molar-refractivity contribution is 14.0. The van der Waals surface area contributed by atoms with E-state index in [1.165, 1.54) is 0 Å². The number of hydrogen-bond acceptors (Lipinski definition) is 5. The molecule has 1 fully saturated rings. The van der Waals surface area contributed by atoms with E-state index in [2.05, 4.69) is 39.5 Å². The van der Waals surface area contributed by atoms with Gasteiger partial charge in [-0.3, -0.25) is 9.79 Å². The van der Waals surface area contributed by atoms with Gasteiger partial charge in [0.05, 0.1) is 18.8 Å². The van der Waals surface area contributed by atoms with E-state index >= 15 is 0 Å². The van der Waals surface area contributed by atoms with Crippen LogP contribution < -0.4 is 15.5 Å². The molecule has 0 bridgehead atoms. The van der Waals surface area contributed by atoms with E-state index < -0.39 is 0 Å². The Kier molecular flexibility index (Phi) is 9.89. The fourth-order valence-electron chi connectivity index (χ4n) is 3.21. The van der Waals surface area contributed by atoms with Crippen molar-refractivity contribution < 1.29 is 9.32 Å². The maximum Gasteiger partial charge on any atom is 0.242 e. The minimum absolute atomic E-state index is 0. The fraction of sp³-hybridized carbons (Fsp3) is 0.476. The topological polar surface area (TPSA) is 86.0 Å². The van der Waals surface area contributed by atoms with Crippen LogP contribution >= 0.6 is 35.6 Å². The normalized spacial score (nSPS) is 14.4. The molecule has 0 saturated carbocycles. The number of aromatic nitrogens is 1. The number of benzene rings is 1. The first-order chi connectivity index (χ1) is 14.5. The van der Waals surface area contributed by atoms with Gasteiger partial charge in [-0.15, -0.1) is 24.0 Å². The summed E-state index contributed by atoms with van der Waals surface area (Å²) in [5, 5.41) is 11.0. The molecule has 0 atom stereocenters. The van der Waals surface area contributed by atoms with Crippen molar-refractivity contribution in [2.24, 2.45) is 4.99 Å². The summed E-state index contributed by atoms with van der Waals surface area (Å²) >= 11 is 5.96. The highest BCUT2D eigenvalue weighted by Crippen LogP contribution is 2.19. The molecule has 2 heterocycles. The first kappa shape index (κ1) is 25.3. The van der Waals surface area contributed by atoms with Crippen molar-refractivity contribution in [3.63, 3.8) is 0 Å². The van der Waals surface area contributed by atoms with Gasteiger partial charge in [0.1, 0.15) is 0 Å². The number of carbonyl (C=O) groups is 1. The summed E-state index contributed by atoms with van der Waals surface area (Å²) in [7, 11) is 1.67. The van der Waals surface area contributed by atoms with Crippen molar-refractivity contribution in [3.05, 3.63) is 46.8 Å². The van der Waals surface area contributed by atoms with E-state index in [4.69, 9.17) is 16.1 Å². The van der Waals surface area contributed by atoms with Crippen LogP contribution in [-0.2, 0) is 11.3 Å². The Morgan fingerprint density at radius 2 is 1.87 bits per heavy atom. The number of nitrogens with one attached hydrogen (secondary N) is 2. The van der Waals surface area contributed by atoms with Crippen LogP contribution in [0.25, 0.3) is 0 Å². The Hall–Kier alpha value is -2.01. The predicted octanol–water partition coefficient (Wildman–Crippen LogP) is 3.08. The van der Waals surface area contributed by atoms with E-state index in [-0.39, 0.29) is 36.4 Å². The van der Waals surface area contributed by atoms with Crippen molar-refractivity contribution >= 4 is 53.1 Å². The fourth-order valence-corrected chi connectivity index (χ4v) is 3.34. The largest absolute Gasteiger partial charge is 0.368 e. The molecule has 1 saturated heterocycles. The number of hydrogen-bond donors (Lipinski definition) is 2. The molecule has 31 heavy (non-hydrogen) atoms. The molecule has 1 aliphatic rings. The van der Waals surface area contributed by atoms with Crippen LogP contribution in [0.15, 0.2) is 39.8 Å². The smallest absolute Gasteiger partial charge is 0.242 e. The van der Waals surface area contributed by atoms with Crippen LogP contribution in [0.2, 0.25) is 5.02 Å². The van der Waals surface area contributed by atoms with Crippen molar-refractivity contribution in [2.75, 3.05) is 44.7 Å². The average molecular weight is 561 g/mol. The average Bonchev–Trinajstić information content (AvgIpc) is 3.24. The number of piperazine rings is 1. The molecule has 8 nitrogen and oxygen atoms in total. The highest BCUT2D eigenvalue weighted by Gasteiger charge is 2.21. The second-order valence-electron chi connectivity index (χ2n) is 7.50. The lowest BCUT2D eigenvalue weighted by Gasteiger charge is -2.36. The molecule has 1 aromatic carbocycles. The van der Waals surface area contributed by atoms with Crippen molar-refractivity contribution in [3.8, 4) is 0 Å². The number of guanidine groups is 1. The van der Waals surface area contributed by atoms with Gasteiger partial charge in [0.15, 0.2) is 11.7 Å². The number of anilines is 1. The zero-order valence-electron chi connectivity index (χ0n) is 18.1. The predicted molar refractivity (Wildman–Crippen MR) is 134 cm³/mol. The lowest BCUT2D eigenvalue weighted by molar-refractivity contribution is -0.130. The molecule has 2 N–H and O–H groups in total. The van der Waals surface area contributed by atoms with E-state index in [1.807, 2.05) is 35.2 Å². The van der Waals surface area contributed by atoms with E-state index in [1.54, 1.807) is 7.05 Å². The zero-order valence-corrected chi connectivity index (χ0v) is 21.2. The summed E-state index contributed by atoms with van der Waals surface area (Å²) in [5.74, 6) is 1.64. The second-order valence-corrected chi connectivity index (χ2v) is 7.93. The molecule has 0 spiro atoms. The third kappa shape index (κ3) is 7.27. The van der Waals surface area contributed by atoms with Crippen LogP contribution in [0.1, 0.15) is 31.2 Å². The number of aliphatic imine (C=N–C) groups is 1. The Morgan fingerprint density at radius 1 is 1.19 bits per heavy atom. The Morgan fingerprint density at radius 3 is 2.45 bits per heavy atom. The summed E-state index contributed by atoms with van der Waals surface area (Å²) in [6, 6.07) is 9.72. The molecule has 1 aliphatic heterocycles. The Balaban J connectivity index is 0.00000341. The van der Waals surface area contributed by atoms with Crippen molar-refractivity contribution in [1.29, 1.82) is 0 Å². The zero-order chi connectivity index (χ0) is 21.5. The molecule has 1 aromatic heterocycles. The van der Waals surface area contributed by atoms with Crippen LogP contribution in [0.3, 0.4) is 0 Å². The Labute approximate surface area is 205 Å². The molecule has 0 radical (unpaired) electrons. The summed E-state index contributed by atoms with van der Waals surface area (Å²) in [6.45, 7) is 7.74. The molecule has 10 heteroatoms. The SMILES string of the molecule is CN=C(NCC(=O)N1CCN(c2ccc(Cl)cc2)CC1)NCc1cc(C(C)C)no1.I. The first-order valence-corrected chi connectivity index (χ1v) is 10.5. The van der Waals surface area contributed by atoms with Crippen LogP contribution in [0, 0.1) is 0 Å². The summed E-state index contributed by atoms with van der Waals surface area (Å²) in [6.07, 6.45) is 0. The van der Waals surface area contributed by atoms with Crippen LogP contribution in [0.5, 0.6) is 0 Å². The monoisotopic (exact) mass is 560 g/mol. The van der Waals surface area contributed by atoms with Gasteiger partial charge in [0.25, 0.3) is 0 Å². The molecule has 0 aliphatic carbocycles. The minimum Gasteiger partial charge on any atom is -0.368 e. The Bertz CT molecular complexity index is 863. The first-order valence-electron chi connectivity index (χ1n) is 10.1. The second kappa shape index (κ2) is 12.1.